The average Bonchev–Trinajstić information content (AvgIpc) is 2.59. The Morgan fingerprint density at radius 1 is 1.29 bits per heavy atom. The molecule has 0 saturated heterocycles. The van der Waals surface area contributed by atoms with Gasteiger partial charge in [0, 0.05) is 5.39 Å². The first kappa shape index (κ1) is 12.6. The smallest absolute Gasteiger partial charge is 0.167 e. The zero-order chi connectivity index (χ0) is 12.5. The molecule has 0 saturated carbocycles. The van der Waals surface area contributed by atoms with Gasteiger partial charge in [0.2, 0.25) is 0 Å². The van der Waals surface area contributed by atoms with Gasteiger partial charge in [0.05, 0.1) is 5.69 Å². The minimum Gasteiger partial charge on any atom is -0.356 e. The van der Waals surface area contributed by atoms with Crippen LogP contribution in [0.25, 0.3) is 11.0 Å². The molecule has 3 heteroatoms. The number of benzene rings is 1. The molecule has 2 aromatic rings. The summed E-state index contributed by atoms with van der Waals surface area (Å²) in [4.78, 5) is 0. The van der Waals surface area contributed by atoms with Gasteiger partial charge in [-0.1, -0.05) is 32.0 Å². The van der Waals surface area contributed by atoms with Crippen LogP contribution in [0.4, 0.5) is 0 Å². The summed E-state index contributed by atoms with van der Waals surface area (Å²) in [5, 5.41) is 6.46. The van der Waals surface area contributed by atoms with Crippen LogP contribution in [0.3, 0.4) is 0 Å². The van der Waals surface area contributed by atoms with Crippen LogP contribution < -0.4 is 5.30 Å². The topological polar surface area (TPSA) is 26.0 Å². The first-order chi connectivity index (χ1) is 7.96. The Kier molecular flexibility index (Phi) is 3.53. The summed E-state index contributed by atoms with van der Waals surface area (Å²) in [6, 6.07) is 6.19. The highest BCUT2D eigenvalue weighted by molar-refractivity contribution is 7.27. The Balaban J connectivity index is 2.09. The predicted molar refractivity (Wildman–Crippen MR) is 75.7 cm³/mol. The number of hydrogen-bond donors (Lipinski definition) is 0. The zero-order valence-electron chi connectivity index (χ0n) is 10.8. The van der Waals surface area contributed by atoms with Gasteiger partial charge in [-0.3, -0.25) is 0 Å². The molecule has 1 aromatic carbocycles. The van der Waals surface area contributed by atoms with E-state index in [2.05, 4.69) is 47.3 Å². The molecule has 2 rings (SSSR count). The van der Waals surface area contributed by atoms with Gasteiger partial charge in [0.15, 0.2) is 5.58 Å². The summed E-state index contributed by atoms with van der Waals surface area (Å²) in [6.07, 6.45) is 3.37. The van der Waals surface area contributed by atoms with Crippen LogP contribution in [0, 0.1) is 5.41 Å². The second-order valence-electron chi connectivity index (χ2n) is 5.80. The molecule has 1 unspecified atom stereocenters. The number of hydrogen-bond acceptors (Lipinski definition) is 2. The molecule has 0 amide bonds. The van der Waals surface area contributed by atoms with Crippen LogP contribution in [0.15, 0.2) is 22.7 Å². The summed E-state index contributed by atoms with van der Waals surface area (Å²) >= 11 is 0. The SMILES string of the molecule is CC(C)(C)CCCc1noc2cc(P)ccc12. The quantitative estimate of drug-likeness (QED) is 0.775. The Morgan fingerprint density at radius 2 is 2.06 bits per heavy atom. The van der Waals surface area contributed by atoms with Crippen molar-refractivity contribution < 1.29 is 4.52 Å². The largest absolute Gasteiger partial charge is 0.356 e. The summed E-state index contributed by atoms with van der Waals surface area (Å²) in [7, 11) is 2.68. The zero-order valence-corrected chi connectivity index (χ0v) is 11.9. The van der Waals surface area contributed by atoms with Crippen LogP contribution in [0.2, 0.25) is 0 Å². The van der Waals surface area contributed by atoms with Gasteiger partial charge in [-0.2, -0.15) is 0 Å². The van der Waals surface area contributed by atoms with Crippen molar-refractivity contribution >= 4 is 25.5 Å². The molecule has 2 nitrogen and oxygen atoms in total. The van der Waals surface area contributed by atoms with Crippen molar-refractivity contribution in [3.8, 4) is 0 Å². The summed E-state index contributed by atoms with van der Waals surface area (Å²) in [6.45, 7) is 6.82. The highest BCUT2D eigenvalue weighted by Crippen LogP contribution is 2.24. The van der Waals surface area contributed by atoms with Crippen molar-refractivity contribution in [3.63, 3.8) is 0 Å². The molecule has 0 aliphatic carbocycles. The molecular weight excluding hydrogens is 229 g/mol. The highest BCUT2D eigenvalue weighted by atomic mass is 31.0. The standard InChI is InChI=1S/C14H20NOP/c1-14(2,3)8-4-5-12-11-7-6-10(17)9-13(11)16-15-12/h6-7,9H,4-5,8,17H2,1-3H3. The highest BCUT2D eigenvalue weighted by Gasteiger charge is 2.12. The normalized spacial score (nSPS) is 12.2. The van der Waals surface area contributed by atoms with Gasteiger partial charge in [-0.05, 0) is 42.1 Å². The van der Waals surface area contributed by atoms with E-state index in [1.165, 1.54) is 6.42 Å². The van der Waals surface area contributed by atoms with E-state index in [1.807, 2.05) is 6.07 Å². The van der Waals surface area contributed by atoms with E-state index in [-0.39, 0.29) is 0 Å². The van der Waals surface area contributed by atoms with Crippen molar-refractivity contribution in [1.82, 2.24) is 5.16 Å². The second kappa shape index (κ2) is 4.78. The van der Waals surface area contributed by atoms with Crippen molar-refractivity contribution in [2.24, 2.45) is 5.41 Å². The van der Waals surface area contributed by atoms with Gasteiger partial charge >= 0.3 is 0 Å². The van der Waals surface area contributed by atoms with Gasteiger partial charge in [0.25, 0.3) is 0 Å². The number of aromatic nitrogens is 1. The maximum atomic E-state index is 5.35. The molecule has 0 fully saturated rings. The Bertz CT molecular complexity index is 510. The first-order valence-electron chi connectivity index (χ1n) is 6.09. The lowest BCUT2D eigenvalue weighted by atomic mass is 9.89. The van der Waals surface area contributed by atoms with Crippen LogP contribution in [-0.2, 0) is 6.42 Å². The van der Waals surface area contributed by atoms with Crippen molar-refractivity contribution in [1.29, 1.82) is 0 Å². The van der Waals surface area contributed by atoms with Crippen molar-refractivity contribution in [3.05, 3.63) is 23.9 Å². The minimum absolute atomic E-state index is 0.396. The monoisotopic (exact) mass is 249 g/mol. The third-order valence-corrected chi connectivity index (χ3v) is 3.27. The second-order valence-corrected chi connectivity index (χ2v) is 6.47. The third kappa shape index (κ3) is 3.29. The maximum absolute atomic E-state index is 5.35. The van der Waals surface area contributed by atoms with E-state index in [4.69, 9.17) is 4.52 Å². The van der Waals surface area contributed by atoms with Crippen LogP contribution in [0.1, 0.15) is 39.3 Å². The molecule has 0 radical (unpaired) electrons. The Labute approximate surface area is 105 Å². The number of aryl methyl sites for hydroxylation is 1. The fourth-order valence-electron chi connectivity index (χ4n) is 1.97. The third-order valence-electron chi connectivity index (χ3n) is 2.91. The maximum Gasteiger partial charge on any atom is 0.167 e. The van der Waals surface area contributed by atoms with Crippen molar-refractivity contribution in [2.75, 3.05) is 0 Å². The van der Waals surface area contributed by atoms with E-state index in [9.17, 15) is 0 Å². The minimum atomic E-state index is 0.396. The molecule has 0 bridgehead atoms. The van der Waals surface area contributed by atoms with Gasteiger partial charge < -0.3 is 4.52 Å². The van der Waals surface area contributed by atoms with E-state index >= 15 is 0 Å². The van der Waals surface area contributed by atoms with Gasteiger partial charge in [-0.25, -0.2) is 0 Å². The lowest BCUT2D eigenvalue weighted by Gasteiger charge is -2.16. The molecule has 0 spiro atoms. The average molecular weight is 249 g/mol. The van der Waals surface area contributed by atoms with E-state index in [0.29, 0.717) is 5.41 Å². The van der Waals surface area contributed by atoms with Crippen molar-refractivity contribution in [2.45, 2.75) is 40.0 Å². The Morgan fingerprint density at radius 3 is 2.76 bits per heavy atom. The summed E-state index contributed by atoms with van der Waals surface area (Å²) in [5.41, 5.74) is 2.38. The molecule has 92 valence electrons. The lowest BCUT2D eigenvalue weighted by Crippen LogP contribution is -2.05. The molecular formula is C14H20NOP. The van der Waals surface area contributed by atoms with E-state index in [1.54, 1.807) is 0 Å². The number of fused-ring (bicyclic) bond motifs is 1. The van der Waals surface area contributed by atoms with Crippen LogP contribution >= 0.6 is 9.24 Å². The van der Waals surface area contributed by atoms with E-state index in [0.717, 1.165) is 34.8 Å². The van der Waals surface area contributed by atoms with Crippen LogP contribution in [0.5, 0.6) is 0 Å². The van der Waals surface area contributed by atoms with E-state index < -0.39 is 0 Å². The first-order valence-corrected chi connectivity index (χ1v) is 6.67. The fourth-order valence-corrected chi connectivity index (χ4v) is 2.22. The molecule has 0 N–H and O–H groups in total. The summed E-state index contributed by atoms with van der Waals surface area (Å²) in [5.74, 6) is 0. The molecule has 17 heavy (non-hydrogen) atoms. The molecule has 0 aliphatic heterocycles. The number of rotatable bonds is 3. The molecule has 1 heterocycles. The molecule has 1 atom stereocenters. The van der Waals surface area contributed by atoms with Crippen LogP contribution in [-0.4, -0.2) is 5.16 Å². The Hall–Kier alpha value is -0.880. The lowest BCUT2D eigenvalue weighted by molar-refractivity contribution is 0.362. The number of nitrogens with zero attached hydrogens (tertiary/aromatic N) is 1. The summed E-state index contributed by atoms with van der Waals surface area (Å²) < 4.78 is 5.35. The molecule has 1 aromatic heterocycles. The fraction of sp³-hybridized carbons (Fsp3) is 0.500. The predicted octanol–water partition coefficient (Wildman–Crippen LogP) is 3.70. The van der Waals surface area contributed by atoms with Gasteiger partial charge in [-0.15, -0.1) is 9.24 Å². The van der Waals surface area contributed by atoms with Gasteiger partial charge in [0.1, 0.15) is 0 Å². The molecule has 0 aliphatic rings.